The Kier molecular flexibility index (Phi) is 16.5. The van der Waals surface area contributed by atoms with E-state index < -0.39 is 5.24 Å². The Morgan fingerprint density at radius 2 is 1.10 bits per heavy atom. The summed E-state index contributed by atoms with van der Waals surface area (Å²) in [6.45, 7) is 6.26. The van der Waals surface area contributed by atoms with Crippen LogP contribution in [0.15, 0.2) is 159 Å². The summed E-state index contributed by atoms with van der Waals surface area (Å²) in [5.41, 5.74) is 19.4. The summed E-state index contributed by atoms with van der Waals surface area (Å²) in [4.78, 5) is 49.8. The van der Waals surface area contributed by atoms with Gasteiger partial charge in [-0.1, -0.05) is 67.6 Å². The van der Waals surface area contributed by atoms with E-state index in [-0.39, 0.29) is 5.78 Å². The standard InChI is InChI=1S/C27H25N3O.C17H16N4.C8H6Cl2O/c1-3-20-8-10-22(11-9-20)26(31)16-21-7-6-19(2)24(15-21)17-27-29-14-12-25(30-27)23-5-4-13-28-18-23;1-12-4-5-15(18)9-14(12)10-17-20-8-6-16(21-17)13-3-2-7-19-11-13;9-5-6-1-3-7(4-2-6)8(10)11/h4-15,18H,3,16-17H2,1-2H3;2-9,11H,10,18H2,1H3;1-4H,5H2. The van der Waals surface area contributed by atoms with Crippen LogP contribution in [-0.4, -0.2) is 40.9 Å². The number of hydrogen-bond acceptors (Lipinski definition) is 9. The number of ketones is 1. The maximum Gasteiger partial charge on any atom is 0.252 e. The molecular formula is C52H47Cl2N7O2. The Bertz CT molecular complexity index is 2750. The van der Waals surface area contributed by atoms with Crippen molar-refractivity contribution in [1.82, 2.24) is 29.9 Å². The molecule has 0 aliphatic carbocycles. The third-order valence-corrected chi connectivity index (χ3v) is 10.7. The average molecular weight is 873 g/mol. The summed E-state index contributed by atoms with van der Waals surface area (Å²) in [6.07, 6.45) is 13.3. The van der Waals surface area contributed by atoms with E-state index >= 15 is 0 Å². The van der Waals surface area contributed by atoms with Gasteiger partial charge in [-0.25, -0.2) is 19.9 Å². The number of rotatable bonds is 12. The van der Waals surface area contributed by atoms with Crippen molar-refractivity contribution < 1.29 is 9.59 Å². The van der Waals surface area contributed by atoms with Crippen LogP contribution in [-0.2, 0) is 31.6 Å². The lowest BCUT2D eigenvalue weighted by atomic mass is 9.97. The van der Waals surface area contributed by atoms with Crippen LogP contribution in [0.3, 0.4) is 0 Å². The fourth-order valence-corrected chi connectivity index (χ4v) is 6.81. The summed E-state index contributed by atoms with van der Waals surface area (Å²) in [6, 6.07) is 38.5. The Hall–Kier alpha value is -6.94. The summed E-state index contributed by atoms with van der Waals surface area (Å²) < 4.78 is 0. The number of anilines is 1. The molecule has 4 aromatic carbocycles. The van der Waals surface area contributed by atoms with Crippen molar-refractivity contribution in [1.29, 1.82) is 0 Å². The molecule has 63 heavy (non-hydrogen) atoms. The maximum absolute atomic E-state index is 12.7. The average Bonchev–Trinajstić information content (AvgIpc) is 3.32. The van der Waals surface area contributed by atoms with Gasteiger partial charge in [-0.05, 0) is 131 Å². The van der Waals surface area contributed by atoms with Gasteiger partial charge in [-0.15, -0.1) is 11.6 Å². The third-order valence-electron chi connectivity index (χ3n) is 10.2. The molecule has 4 aromatic heterocycles. The number of carbonyl (C=O) groups is 2. The maximum atomic E-state index is 12.7. The van der Waals surface area contributed by atoms with Gasteiger partial charge in [-0.2, -0.15) is 0 Å². The van der Waals surface area contributed by atoms with E-state index in [0.717, 1.165) is 74.1 Å². The number of aryl methyl sites for hydroxylation is 3. The Labute approximate surface area is 378 Å². The van der Waals surface area contributed by atoms with Crippen molar-refractivity contribution in [3.8, 4) is 22.5 Å². The molecule has 0 spiro atoms. The SMILES string of the molecule is CCc1ccc(C(=O)Cc2ccc(C)c(Cc3nccc(-c4cccnc4)n3)c2)cc1.Cc1ccc(N)cc1Cc1nccc(-c2cccnc2)n1.O=C(Cl)c1ccc(CCl)cc1. The third kappa shape index (κ3) is 13.5. The molecule has 0 saturated heterocycles. The number of Topliss-reactive ketones (excluding diaryl/α,β-unsaturated/α-hetero) is 1. The Morgan fingerprint density at radius 1 is 0.587 bits per heavy atom. The van der Waals surface area contributed by atoms with Crippen LogP contribution >= 0.6 is 23.2 Å². The van der Waals surface area contributed by atoms with Gasteiger partial charge in [-0.3, -0.25) is 19.6 Å². The molecule has 0 atom stereocenters. The highest BCUT2D eigenvalue weighted by Gasteiger charge is 2.11. The number of halogens is 2. The van der Waals surface area contributed by atoms with Crippen LogP contribution in [0.25, 0.3) is 22.5 Å². The van der Waals surface area contributed by atoms with Crippen molar-refractivity contribution >= 4 is 39.9 Å². The minimum Gasteiger partial charge on any atom is -0.399 e. The predicted octanol–water partition coefficient (Wildman–Crippen LogP) is 11.3. The second-order valence-corrected chi connectivity index (χ2v) is 15.4. The Balaban J connectivity index is 0.000000177. The predicted molar refractivity (Wildman–Crippen MR) is 253 cm³/mol. The van der Waals surface area contributed by atoms with Crippen LogP contribution in [0.2, 0.25) is 0 Å². The second kappa shape index (κ2) is 22.8. The molecule has 8 rings (SSSR count). The molecule has 8 aromatic rings. The number of nitrogens with two attached hydrogens (primary N) is 1. The zero-order valence-electron chi connectivity index (χ0n) is 35.4. The molecule has 9 nitrogen and oxygen atoms in total. The number of aromatic nitrogens is 6. The van der Waals surface area contributed by atoms with E-state index in [0.29, 0.717) is 30.7 Å². The molecule has 4 heterocycles. The number of nitrogens with zero attached hydrogens (tertiary/aromatic N) is 6. The first-order chi connectivity index (χ1) is 30.6. The van der Waals surface area contributed by atoms with Gasteiger partial charge < -0.3 is 5.73 Å². The monoisotopic (exact) mass is 871 g/mol. The normalized spacial score (nSPS) is 10.5. The highest BCUT2D eigenvalue weighted by atomic mass is 35.5. The van der Waals surface area contributed by atoms with Crippen LogP contribution in [0.4, 0.5) is 5.69 Å². The number of carbonyl (C=O) groups excluding carboxylic acids is 2. The molecule has 0 radical (unpaired) electrons. The summed E-state index contributed by atoms with van der Waals surface area (Å²) in [5.74, 6) is 2.12. The van der Waals surface area contributed by atoms with E-state index in [1.54, 1.807) is 61.4 Å². The first-order valence-corrected chi connectivity index (χ1v) is 21.3. The lowest BCUT2D eigenvalue weighted by Gasteiger charge is -2.10. The van der Waals surface area contributed by atoms with E-state index in [2.05, 4.69) is 57.8 Å². The molecule has 316 valence electrons. The van der Waals surface area contributed by atoms with E-state index in [1.165, 1.54) is 16.7 Å². The van der Waals surface area contributed by atoms with Crippen molar-refractivity contribution in [2.24, 2.45) is 0 Å². The van der Waals surface area contributed by atoms with Gasteiger partial charge in [0.15, 0.2) is 5.78 Å². The molecule has 0 amide bonds. The fourth-order valence-electron chi connectivity index (χ4n) is 6.51. The van der Waals surface area contributed by atoms with Crippen molar-refractivity contribution in [2.45, 2.75) is 52.3 Å². The van der Waals surface area contributed by atoms with Gasteiger partial charge in [0.25, 0.3) is 5.24 Å². The van der Waals surface area contributed by atoms with Gasteiger partial charge in [0.2, 0.25) is 0 Å². The lowest BCUT2D eigenvalue weighted by Crippen LogP contribution is -2.05. The van der Waals surface area contributed by atoms with Gasteiger partial charge in [0.05, 0.1) is 11.4 Å². The summed E-state index contributed by atoms with van der Waals surface area (Å²) in [7, 11) is 0. The smallest absolute Gasteiger partial charge is 0.252 e. The first-order valence-electron chi connectivity index (χ1n) is 20.4. The quantitative estimate of drug-likeness (QED) is 0.0550. The van der Waals surface area contributed by atoms with Crippen molar-refractivity contribution in [3.63, 3.8) is 0 Å². The highest BCUT2D eigenvalue weighted by Crippen LogP contribution is 2.21. The zero-order valence-corrected chi connectivity index (χ0v) is 36.9. The largest absolute Gasteiger partial charge is 0.399 e. The number of alkyl halides is 1. The minimum atomic E-state index is -0.439. The molecule has 0 saturated carbocycles. The van der Waals surface area contributed by atoms with Crippen LogP contribution < -0.4 is 5.73 Å². The van der Waals surface area contributed by atoms with Gasteiger partial charge >= 0.3 is 0 Å². The number of pyridine rings is 2. The van der Waals surface area contributed by atoms with Gasteiger partial charge in [0.1, 0.15) is 11.6 Å². The molecule has 0 fully saturated rings. The zero-order chi connectivity index (χ0) is 44.6. The highest BCUT2D eigenvalue weighted by molar-refractivity contribution is 6.67. The topological polar surface area (TPSA) is 138 Å². The first kappa shape index (κ1) is 45.6. The molecular weight excluding hydrogens is 826 g/mol. The summed E-state index contributed by atoms with van der Waals surface area (Å²) in [5, 5.41) is -0.439. The van der Waals surface area contributed by atoms with E-state index in [4.69, 9.17) is 33.9 Å². The van der Waals surface area contributed by atoms with E-state index in [9.17, 15) is 9.59 Å². The molecule has 0 bridgehead atoms. The number of hydrogen-bond donors (Lipinski definition) is 1. The second-order valence-electron chi connectivity index (χ2n) is 14.8. The molecule has 0 unspecified atom stereocenters. The molecule has 0 aliphatic heterocycles. The van der Waals surface area contributed by atoms with Crippen molar-refractivity contribution in [3.05, 3.63) is 220 Å². The van der Waals surface area contributed by atoms with Crippen LogP contribution in [0.5, 0.6) is 0 Å². The number of benzene rings is 4. The fraction of sp³-hybridized carbons (Fsp3) is 0.154. The van der Waals surface area contributed by atoms with Crippen LogP contribution in [0.1, 0.15) is 78.2 Å². The molecule has 0 aliphatic rings. The molecule has 11 heteroatoms. The summed E-state index contributed by atoms with van der Waals surface area (Å²) >= 11 is 10.8. The van der Waals surface area contributed by atoms with E-state index in [1.807, 2.05) is 84.9 Å². The minimum absolute atomic E-state index is 0.132. The van der Waals surface area contributed by atoms with Crippen molar-refractivity contribution in [2.75, 3.05) is 5.73 Å². The Morgan fingerprint density at radius 3 is 1.60 bits per heavy atom. The molecule has 2 N–H and O–H groups in total. The number of nitrogen functional groups attached to an aromatic ring is 1. The van der Waals surface area contributed by atoms with Crippen LogP contribution in [0, 0.1) is 13.8 Å². The lowest BCUT2D eigenvalue weighted by molar-refractivity contribution is 0.0992. The van der Waals surface area contributed by atoms with Gasteiger partial charge in [0, 0.05) is 90.3 Å².